The molecular weight excluding hydrogens is 291 g/mol. The van der Waals surface area contributed by atoms with Crippen molar-refractivity contribution in [3.63, 3.8) is 0 Å². The second-order valence-electron chi connectivity index (χ2n) is 5.04. The molecule has 1 saturated heterocycles. The molecule has 1 aromatic carbocycles. The van der Waals surface area contributed by atoms with Gasteiger partial charge in [-0.05, 0) is 25.1 Å². The number of anilines is 1. The van der Waals surface area contributed by atoms with E-state index in [4.69, 9.17) is 18.0 Å². The van der Waals surface area contributed by atoms with Crippen molar-refractivity contribution in [3.8, 4) is 0 Å². The van der Waals surface area contributed by atoms with Crippen LogP contribution in [0.4, 0.5) is 14.9 Å². The van der Waals surface area contributed by atoms with Gasteiger partial charge in [0.1, 0.15) is 5.82 Å². The van der Waals surface area contributed by atoms with Gasteiger partial charge in [0.2, 0.25) is 0 Å². The summed E-state index contributed by atoms with van der Waals surface area (Å²) in [6.07, 6.45) is 0. The number of nitrogens with one attached hydrogen (secondary N) is 1. The summed E-state index contributed by atoms with van der Waals surface area (Å²) < 4.78 is 13.1. The number of carbonyl (C=O) groups excluding carboxylic acids is 1. The lowest BCUT2D eigenvalue weighted by Gasteiger charge is -2.37. The first kappa shape index (κ1) is 15.7. The first-order valence-corrected chi connectivity index (χ1v) is 7.23. The first-order valence-electron chi connectivity index (χ1n) is 6.82. The predicted octanol–water partition coefficient (Wildman–Crippen LogP) is 1.65. The Labute approximate surface area is 128 Å². The Morgan fingerprint density at radius 1 is 1.38 bits per heavy atom. The Kier molecular flexibility index (Phi) is 5.08. The number of halogens is 1. The molecule has 2 rings (SSSR count). The topological polar surface area (TPSA) is 61.6 Å². The minimum Gasteiger partial charge on any atom is -0.392 e. The normalized spacial score (nSPS) is 17.3. The fraction of sp³-hybridized carbons (Fsp3) is 0.429. The molecule has 1 unspecified atom stereocenters. The van der Waals surface area contributed by atoms with E-state index in [1.807, 2.05) is 6.92 Å². The van der Waals surface area contributed by atoms with Crippen molar-refractivity contribution in [3.05, 3.63) is 30.1 Å². The van der Waals surface area contributed by atoms with Gasteiger partial charge in [-0.15, -0.1) is 0 Å². The van der Waals surface area contributed by atoms with Crippen LogP contribution in [0.3, 0.4) is 0 Å². The zero-order valence-electron chi connectivity index (χ0n) is 11.9. The van der Waals surface area contributed by atoms with Crippen molar-refractivity contribution in [2.75, 3.05) is 31.5 Å². The van der Waals surface area contributed by atoms with Crippen molar-refractivity contribution >= 4 is 28.9 Å². The van der Waals surface area contributed by atoms with Crippen molar-refractivity contribution in [2.45, 2.75) is 13.0 Å². The molecule has 0 spiro atoms. The average molecular weight is 310 g/mol. The molecule has 3 N–H and O–H groups in total. The molecule has 1 atom stereocenters. The van der Waals surface area contributed by atoms with Crippen molar-refractivity contribution in [2.24, 2.45) is 5.73 Å². The van der Waals surface area contributed by atoms with Gasteiger partial charge in [-0.3, -0.25) is 4.90 Å². The van der Waals surface area contributed by atoms with Crippen LogP contribution < -0.4 is 11.1 Å². The van der Waals surface area contributed by atoms with Crippen LogP contribution in [0.5, 0.6) is 0 Å². The quantitative estimate of drug-likeness (QED) is 0.834. The summed E-state index contributed by atoms with van der Waals surface area (Å²) in [5.41, 5.74) is 6.10. The van der Waals surface area contributed by atoms with Crippen LogP contribution in [0.2, 0.25) is 0 Å². The maximum Gasteiger partial charge on any atom is 0.321 e. The Morgan fingerprint density at radius 3 is 2.62 bits per heavy atom. The molecule has 2 amide bonds. The van der Waals surface area contributed by atoms with Crippen LogP contribution in [0.1, 0.15) is 6.92 Å². The number of nitrogens with two attached hydrogens (primary N) is 1. The fourth-order valence-corrected chi connectivity index (χ4v) is 2.41. The van der Waals surface area contributed by atoms with Crippen LogP contribution in [-0.2, 0) is 0 Å². The summed E-state index contributed by atoms with van der Waals surface area (Å²) in [6, 6.07) is 5.67. The molecule has 0 aromatic heterocycles. The largest absolute Gasteiger partial charge is 0.392 e. The van der Waals surface area contributed by atoms with Gasteiger partial charge in [0.05, 0.1) is 11.0 Å². The van der Waals surface area contributed by atoms with E-state index in [1.165, 1.54) is 12.1 Å². The van der Waals surface area contributed by atoms with Gasteiger partial charge in [0, 0.05) is 31.9 Å². The summed E-state index contributed by atoms with van der Waals surface area (Å²) in [7, 11) is 0. The molecule has 0 radical (unpaired) electrons. The number of rotatable bonds is 3. The molecule has 114 valence electrons. The van der Waals surface area contributed by atoms with Gasteiger partial charge >= 0.3 is 6.03 Å². The second kappa shape index (κ2) is 6.82. The molecule has 1 fully saturated rings. The summed E-state index contributed by atoms with van der Waals surface area (Å²) >= 11 is 4.99. The highest BCUT2D eigenvalue weighted by Crippen LogP contribution is 2.12. The summed E-state index contributed by atoms with van der Waals surface area (Å²) in [5.74, 6) is -0.372. The van der Waals surface area contributed by atoms with Gasteiger partial charge in [-0.1, -0.05) is 18.3 Å². The monoisotopic (exact) mass is 310 g/mol. The highest BCUT2D eigenvalue weighted by Gasteiger charge is 2.25. The fourth-order valence-electron chi connectivity index (χ4n) is 2.26. The van der Waals surface area contributed by atoms with Crippen LogP contribution >= 0.6 is 12.2 Å². The van der Waals surface area contributed by atoms with E-state index in [9.17, 15) is 9.18 Å². The molecule has 0 bridgehead atoms. The predicted molar refractivity (Wildman–Crippen MR) is 84.8 cm³/mol. The zero-order chi connectivity index (χ0) is 15.4. The first-order chi connectivity index (χ1) is 9.97. The van der Waals surface area contributed by atoms with Gasteiger partial charge in [-0.2, -0.15) is 0 Å². The molecule has 5 nitrogen and oxygen atoms in total. The van der Waals surface area contributed by atoms with E-state index in [-0.39, 0.29) is 17.9 Å². The van der Waals surface area contributed by atoms with Crippen LogP contribution in [0.15, 0.2) is 24.3 Å². The van der Waals surface area contributed by atoms with Crippen molar-refractivity contribution in [1.82, 2.24) is 9.80 Å². The number of nitrogens with zero attached hydrogens (tertiary/aromatic N) is 2. The molecule has 21 heavy (non-hydrogen) atoms. The summed E-state index contributed by atoms with van der Waals surface area (Å²) in [5, 5.41) is 2.70. The Hall–Kier alpha value is -1.73. The number of amides is 2. The molecule has 1 aromatic rings. The third kappa shape index (κ3) is 4.12. The Balaban J connectivity index is 1.87. The molecule has 0 saturated carbocycles. The Bertz CT molecular complexity index is 531. The minimum atomic E-state index is -0.372. The number of hydrogen-bond donors (Lipinski definition) is 2. The number of thiocarbonyl (C=S) groups is 1. The number of benzene rings is 1. The van der Waals surface area contributed by atoms with Crippen LogP contribution in [-0.4, -0.2) is 53.0 Å². The Morgan fingerprint density at radius 2 is 2.05 bits per heavy atom. The highest BCUT2D eigenvalue weighted by atomic mass is 32.1. The van der Waals surface area contributed by atoms with E-state index >= 15 is 0 Å². The second-order valence-corrected chi connectivity index (χ2v) is 5.51. The lowest BCUT2D eigenvalue weighted by atomic mass is 10.2. The lowest BCUT2D eigenvalue weighted by molar-refractivity contribution is 0.139. The molecular formula is C14H19FN4OS. The highest BCUT2D eigenvalue weighted by molar-refractivity contribution is 7.80. The third-order valence-electron chi connectivity index (χ3n) is 3.64. The van der Waals surface area contributed by atoms with Gasteiger partial charge in [0.25, 0.3) is 0 Å². The number of hydrogen-bond acceptors (Lipinski definition) is 3. The standard InChI is InChI=1S/C14H19FN4OS/c1-10(13(16)21)18-5-7-19(8-6-18)14(20)17-12-4-2-3-11(15)9-12/h2-4,9-10H,5-8H2,1H3,(H2,16,21)(H,17,20). The lowest BCUT2D eigenvalue weighted by Crippen LogP contribution is -2.54. The van der Waals surface area contributed by atoms with Crippen LogP contribution in [0, 0.1) is 5.82 Å². The number of piperazine rings is 1. The summed E-state index contributed by atoms with van der Waals surface area (Å²) in [6.45, 7) is 4.58. The van der Waals surface area contributed by atoms with Gasteiger partial charge < -0.3 is 16.0 Å². The van der Waals surface area contributed by atoms with E-state index in [2.05, 4.69) is 10.2 Å². The maximum absolute atomic E-state index is 13.1. The number of urea groups is 1. The van der Waals surface area contributed by atoms with E-state index < -0.39 is 0 Å². The van der Waals surface area contributed by atoms with Crippen molar-refractivity contribution < 1.29 is 9.18 Å². The number of carbonyl (C=O) groups is 1. The average Bonchev–Trinajstić information content (AvgIpc) is 2.46. The molecule has 1 aliphatic heterocycles. The van der Waals surface area contributed by atoms with Crippen LogP contribution in [0.25, 0.3) is 0 Å². The molecule has 1 aliphatic rings. The molecule has 1 heterocycles. The van der Waals surface area contributed by atoms with E-state index in [0.717, 1.165) is 13.1 Å². The van der Waals surface area contributed by atoms with E-state index in [0.29, 0.717) is 23.8 Å². The van der Waals surface area contributed by atoms with E-state index in [1.54, 1.807) is 17.0 Å². The van der Waals surface area contributed by atoms with Gasteiger partial charge in [-0.25, -0.2) is 9.18 Å². The minimum absolute atomic E-state index is 0.0356. The smallest absolute Gasteiger partial charge is 0.321 e. The summed E-state index contributed by atoms with van der Waals surface area (Å²) in [4.78, 5) is 16.4. The molecule has 7 heteroatoms. The maximum atomic E-state index is 13.1. The van der Waals surface area contributed by atoms with Crippen molar-refractivity contribution in [1.29, 1.82) is 0 Å². The third-order valence-corrected chi connectivity index (χ3v) is 3.98. The SMILES string of the molecule is CC(C(N)=S)N1CCN(C(=O)Nc2cccc(F)c2)CC1. The zero-order valence-corrected chi connectivity index (χ0v) is 12.7. The molecule has 0 aliphatic carbocycles. The van der Waals surface area contributed by atoms with Gasteiger partial charge in [0.15, 0.2) is 0 Å².